The molecule has 3 nitrogen and oxygen atoms in total. The average molecular weight is 155 g/mol. The first-order chi connectivity index (χ1) is 5.04. The third-order valence-corrected chi connectivity index (χ3v) is 1.95. The van der Waals surface area contributed by atoms with E-state index in [4.69, 9.17) is 0 Å². The lowest BCUT2D eigenvalue weighted by Gasteiger charge is -2.28. The van der Waals surface area contributed by atoms with Gasteiger partial charge in [0.1, 0.15) is 0 Å². The molecule has 64 valence electrons. The van der Waals surface area contributed by atoms with Crippen molar-refractivity contribution in [3.05, 3.63) is 0 Å². The van der Waals surface area contributed by atoms with Gasteiger partial charge in [0.25, 0.3) is 0 Å². The summed E-state index contributed by atoms with van der Waals surface area (Å²) in [5.41, 5.74) is 0.132. The Bertz CT molecular complexity index is 157. The molecule has 0 radical (unpaired) electrons. The molecule has 0 N–H and O–H groups in total. The Hall–Kier alpha value is -0.600. The van der Waals surface area contributed by atoms with E-state index in [1.165, 1.54) is 0 Å². The molecule has 11 heavy (non-hydrogen) atoms. The van der Waals surface area contributed by atoms with Crippen LogP contribution in [0.5, 0.6) is 0 Å². The maximum Gasteiger partial charge on any atom is 0.0919 e. The Labute approximate surface area is 68.5 Å². The lowest BCUT2D eigenvalue weighted by Crippen LogP contribution is -2.37. The molecular weight excluding hydrogens is 138 g/mol. The third-order valence-electron chi connectivity index (χ3n) is 1.95. The van der Waals surface area contributed by atoms with E-state index in [1.807, 2.05) is 0 Å². The van der Waals surface area contributed by atoms with Gasteiger partial charge in [-0.05, 0) is 27.2 Å². The zero-order valence-corrected chi connectivity index (χ0v) is 7.83. The van der Waals surface area contributed by atoms with E-state index in [-0.39, 0.29) is 5.54 Å². The van der Waals surface area contributed by atoms with Crippen molar-refractivity contribution >= 4 is 0 Å². The van der Waals surface area contributed by atoms with Gasteiger partial charge < -0.3 is 0 Å². The highest BCUT2D eigenvalue weighted by Gasteiger charge is 2.26. The molecule has 1 unspecified atom stereocenters. The van der Waals surface area contributed by atoms with E-state index >= 15 is 0 Å². The lowest BCUT2D eigenvalue weighted by molar-refractivity contribution is 0.154. The molecule has 0 spiro atoms. The largest absolute Gasteiger partial charge is 0.271 e. The molecule has 1 aliphatic heterocycles. The summed E-state index contributed by atoms with van der Waals surface area (Å²) in [5, 5.41) is 10.3. The van der Waals surface area contributed by atoms with Crippen molar-refractivity contribution in [2.75, 3.05) is 6.54 Å². The predicted octanol–water partition coefficient (Wildman–Crippen LogP) is 2.25. The molecule has 1 heterocycles. The summed E-state index contributed by atoms with van der Waals surface area (Å²) >= 11 is 0. The number of rotatable bonds is 1. The van der Waals surface area contributed by atoms with Crippen molar-refractivity contribution in [2.45, 2.75) is 45.7 Å². The first kappa shape index (κ1) is 8.50. The zero-order chi connectivity index (χ0) is 8.48. The van der Waals surface area contributed by atoms with E-state index < -0.39 is 0 Å². The summed E-state index contributed by atoms with van der Waals surface area (Å²) in [6.45, 7) is 9.61. The van der Waals surface area contributed by atoms with Gasteiger partial charge in [-0.25, -0.2) is 0 Å². The van der Waals surface area contributed by atoms with Gasteiger partial charge >= 0.3 is 0 Å². The maximum atomic E-state index is 4.15. The van der Waals surface area contributed by atoms with Crippen molar-refractivity contribution in [3.8, 4) is 0 Å². The van der Waals surface area contributed by atoms with Gasteiger partial charge in [-0.15, -0.1) is 0 Å². The Morgan fingerprint density at radius 1 is 1.45 bits per heavy atom. The molecule has 0 aliphatic carbocycles. The van der Waals surface area contributed by atoms with Gasteiger partial charge in [0, 0.05) is 0 Å². The first-order valence-corrected chi connectivity index (χ1v) is 4.22. The second kappa shape index (κ2) is 2.80. The monoisotopic (exact) mass is 155 g/mol. The minimum absolute atomic E-state index is 0.132. The van der Waals surface area contributed by atoms with Crippen LogP contribution in [0.3, 0.4) is 0 Å². The van der Waals surface area contributed by atoms with Crippen LogP contribution in [-0.2, 0) is 0 Å². The molecule has 0 saturated heterocycles. The van der Waals surface area contributed by atoms with Gasteiger partial charge in [0.2, 0.25) is 0 Å². The molecule has 1 aliphatic rings. The second-order valence-electron chi connectivity index (χ2n) is 4.02. The van der Waals surface area contributed by atoms with Crippen LogP contribution >= 0.6 is 0 Å². The number of hydrogen-bond donors (Lipinski definition) is 0. The second-order valence-corrected chi connectivity index (χ2v) is 4.02. The molecule has 0 aromatic heterocycles. The standard InChI is InChI=1S/C8H17N3/c1-5-7-6-11(10-9-7)8(2,3)4/h7H,5-6H2,1-4H3. The van der Waals surface area contributed by atoms with E-state index in [0.717, 1.165) is 13.0 Å². The smallest absolute Gasteiger partial charge is 0.0919 e. The minimum Gasteiger partial charge on any atom is -0.271 e. The van der Waals surface area contributed by atoms with Gasteiger partial charge in [0.05, 0.1) is 18.1 Å². The van der Waals surface area contributed by atoms with Crippen molar-refractivity contribution in [1.82, 2.24) is 5.01 Å². The molecule has 1 rings (SSSR count). The Morgan fingerprint density at radius 3 is 2.36 bits per heavy atom. The Kier molecular flexibility index (Phi) is 2.16. The quantitative estimate of drug-likeness (QED) is 0.570. The molecule has 0 bridgehead atoms. The molecule has 1 atom stereocenters. The average Bonchev–Trinajstić information content (AvgIpc) is 2.32. The van der Waals surface area contributed by atoms with Crippen LogP contribution < -0.4 is 0 Å². The maximum absolute atomic E-state index is 4.15. The summed E-state index contributed by atoms with van der Waals surface area (Å²) < 4.78 is 0. The highest BCUT2D eigenvalue weighted by molar-refractivity contribution is 4.80. The fraction of sp³-hybridized carbons (Fsp3) is 1.00. The summed E-state index contributed by atoms with van der Waals surface area (Å²) in [5.74, 6) is 0. The summed E-state index contributed by atoms with van der Waals surface area (Å²) in [6.07, 6.45) is 1.09. The highest BCUT2D eigenvalue weighted by Crippen LogP contribution is 2.21. The van der Waals surface area contributed by atoms with Crippen LogP contribution in [0.25, 0.3) is 0 Å². The van der Waals surface area contributed by atoms with Gasteiger partial charge in [-0.3, -0.25) is 5.01 Å². The van der Waals surface area contributed by atoms with Gasteiger partial charge in [0.15, 0.2) is 0 Å². The van der Waals surface area contributed by atoms with Gasteiger partial charge in [-0.1, -0.05) is 12.1 Å². The zero-order valence-electron chi connectivity index (χ0n) is 7.83. The van der Waals surface area contributed by atoms with Crippen molar-refractivity contribution < 1.29 is 0 Å². The summed E-state index contributed by atoms with van der Waals surface area (Å²) in [6, 6.07) is 0.425. The third kappa shape index (κ3) is 1.91. The fourth-order valence-electron chi connectivity index (χ4n) is 1.03. The van der Waals surface area contributed by atoms with Crippen LogP contribution in [0.4, 0.5) is 0 Å². The highest BCUT2D eigenvalue weighted by atomic mass is 15.6. The van der Waals surface area contributed by atoms with Crippen molar-refractivity contribution in [1.29, 1.82) is 0 Å². The van der Waals surface area contributed by atoms with Crippen molar-refractivity contribution in [2.24, 2.45) is 10.3 Å². The van der Waals surface area contributed by atoms with E-state index in [2.05, 4.69) is 43.0 Å². The molecule has 3 heteroatoms. The van der Waals surface area contributed by atoms with E-state index in [0.29, 0.717) is 6.04 Å². The van der Waals surface area contributed by atoms with Gasteiger partial charge in [-0.2, -0.15) is 5.11 Å². The summed E-state index contributed by atoms with van der Waals surface area (Å²) in [7, 11) is 0. The SMILES string of the molecule is CCC1CN(C(C)(C)C)N=N1. The van der Waals surface area contributed by atoms with Crippen LogP contribution in [0.1, 0.15) is 34.1 Å². The molecule has 0 amide bonds. The first-order valence-electron chi connectivity index (χ1n) is 4.22. The molecule has 0 fully saturated rings. The predicted molar refractivity (Wildman–Crippen MR) is 45.4 cm³/mol. The topological polar surface area (TPSA) is 28.0 Å². The van der Waals surface area contributed by atoms with Crippen molar-refractivity contribution in [3.63, 3.8) is 0 Å². The molecule has 0 aromatic carbocycles. The minimum atomic E-state index is 0.132. The molecule has 0 aromatic rings. The Balaban J connectivity index is 2.50. The Morgan fingerprint density at radius 2 is 2.09 bits per heavy atom. The molecule has 0 saturated carbocycles. The lowest BCUT2D eigenvalue weighted by atomic mass is 10.1. The van der Waals surface area contributed by atoms with Crippen LogP contribution in [0.2, 0.25) is 0 Å². The van der Waals surface area contributed by atoms with Crippen LogP contribution in [-0.4, -0.2) is 23.1 Å². The molecular formula is C8H17N3. The normalized spacial score (nSPS) is 24.7. The summed E-state index contributed by atoms with van der Waals surface area (Å²) in [4.78, 5) is 0. The van der Waals surface area contributed by atoms with E-state index in [9.17, 15) is 0 Å². The van der Waals surface area contributed by atoms with E-state index in [1.54, 1.807) is 0 Å². The van der Waals surface area contributed by atoms with Crippen LogP contribution in [0.15, 0.2) is 10.3 Å². The number of hydrogen-bond acceptors (Lipinski definition) is 3. The number of nitrogens with zero attached hydrogens (tertiary/aromatic N) is 3. The fourth-order valence-corrected chi connectivity index (χ4v) is 1.03. The van der Waals surface area contributed by atoms with Crippen LogP contribution in [0, 0.1) is 0 Å².